The quantitative estimate of drug-likeness (QED) is 0.345. The molecule has 0 saturated heterocycles. The highest BCUT2D eigenvalue weighted by molar-refractivity contribution is 5.93. The van der Waals surface area contributed by atoms with E-state index < -0.39 is 34.7 Å². The Morgan fingerprint density at radius 3 is 2.43 bits per heavy atom. The molecule has 1 N–H and O–H groups in total. The number of phenolic OH excluding ortho intramolecular Hbond substituents is 1. The van der Waals surface area contributed by atoms with Crippen LogP contribution in [0.3, 0.4) is 0 Å². The number of aromatic hydroxyl groups is 1. The zero-order valence-corrected chi connectivity index (χ0v) is 20.6. The summed E-state index contributed by atoms with van der Waals surface area (Å²) in [6, 6.07) is 9.43. The van der Waals surface area contributed by atoms with Gasteiger partial charge < -0.3 is 19.4 Å². The summed E-state index contributed by atoms with van der Waals surface area (Å²) in [6.45, 7) is 4.50. The molecule has 2 aromatic heterocycles. The first kappa shape index (κ1) is 25.7. The molecule has 0 unspecified atom stereocenters. The Kier molecular flexibility index (Phi) is 7.18. The number of hydrogen-bond donors (Lipinski definition) is 1. The van der Waals surface area contributed by atoms with Gasteiger partial charge in [-0.2, -0.15) is 14.5 Å². The Hall–Kier alpha value is -4.35. The number of benzene rings is 2. The van der Waals surface area contributed by atoms with Crippen molar-refractivity contribution < 1.29 is 27.6 Å². The fourth-order valence-corrected chi connectivity index (χ4v) is 3.76. The van der Waals surface area contributed by atoms with Crippen LogP contribution in [0.15, 0.2) is 47.1 Å². The van der Waals surface area contributed by atoms with Gasteiger partial charge in [0.1, 0.15) is 0 Å². The molecule has 37 heavy (non-hydrogen) atoms. The third-order valence-corrected chi connectivity index (χ3v) is 5.64. The van der Waals surface area contributed by atoms with Crippen LogP contribution >= 0.6 is 0 Å². The summed E-state index contributed by atoms with van der Waals surface area (Å²) in [4.78, 5) is 19.6. The average Bonchev–Trinajstić information content (AvgIpc) is 3.54. The highest BCUT2D eigenvalue weighted by Crippen LogP contribution is 2.33. The Balaban J connectivity index is 1.69. The summed E-state index contributed by atoms with van der Waals surface area (Å²) >= 11 is 0. The summed E-state index contributed by atoms with van der Waals surface area (Å²) in [5.41, 5.74) is 1.59. The summed E-state index contributed by atoms with van der Waals surface area (Å²) < 4.78 is 48.8. The van der Waals surface area contributed by atoms with Crippen LogP contribution in [0.4, 0.5) is 19.1 Å². The van der Waals surface area contributed by atoms with E-state index in [4.69, 9.17) is 4.52 Å². The van der Waals surface area contributed by atoms with E-state index in [0.717, 1.165) is 11.3 Å². The van der Waals surface area contributed by atoms with Crippen LogP contribution in [-0.4, -0.2) is 49.9 Å². The van der Waals surface area contributed by atoms with Crippen molar-refractivity contribution >= 4 is 11.9 Å². The first-order valence-corrected chi connectivity index (χ1v) is 11.3. The predicted molar refractivity (Wildman–Crippen MR) is 128 cm³/mol. The number of amides is 1. The molecule has 0 atom stereocenters. The summed E-state index contributed by atoms with van der Waals surface area (Å²) in [7, 11) is 3.33. The van der Waals surface area contributed by atoms with Crippen LogP contribution in [0.25, 0.3) is 11.5 Å². The molecule has 194 valence electrons. The number of aromatic nitrogens is 4. The maximum absolute atomic E-state index is 14.5. The Morgan fingerprint density at radius 2 is 1.78 bits per heavy atom. The second kappa shape index (κ2) is 10.3. The second-order valence-corrected chi connectivity index (χ2v) is 8.90. The third-order valence-electron chi connectivity index (χ3n) is 5.64. The Bertz CT molecular complexity index is 1420. The lowest BCUT2D eigenvalue weighted by Gasteiger charge is -2.22. The van der Waals surface area contributed by atoms with Gasteiger partial charge in [0.2, 0.25) is 5.82 Å². The standard InChI is InChI=1S/C25H25F3N6O3/c1-14(2)34-17(9-10-29-34)13-33(12-15-5-7-16(8-6-15)24(36)32(3)4)25-30-23(37-31-25)18-11-19(26)21(28)22(35)20(18)27/h5-11,14,35H,12-13H2,1-4H3. The highest BCUT2D eigenvalue weighted by Gasteiger charge is 2.25. The zero-order chi connectivity index (χ0) is 26.9. The molecular weight excluding hydrogens is 489 g/mol. The van der Waals surface area contributed by atoms with E-state index in [1.165, 1.54) is 4.90 Å². The van der Waals surface area contributed by atoms with E-state index in [0.29, 0.717) is 11.6 Å². The summed E-state index contributed by atoms with van der Waals surface area (Å²) in [6.07, 6.45) is 1.66. The average molecular weight is 515 g/mol. The highest BCUT2D eigenvalue weighted by atomic mass is 19.2. The first-order valence-electron chi connectivity index (χ1n) is 11.3. The largest absolute Gasteiger partial charge is 0.503 e. The smallest absolute Gasteiger partial charge is 0.267 e. The predicted octanol–water partition coefficient (Wildman–Crippen LogP) is 4.55. The van der Waals surface area contributed by atoms with E-state index in [9.17, 15) is 23.1 Å². The third kappa shape index (κ3) is 5.27. The number of nitrogens with zero attached hydrogens (tertiary/aromatic N) is 6. The first-order chi connectivity index (χ1) is 17.6. The van der Waals surface area contributed by atoms with Crippen molar-refractivity contribution in [2.24, 2.45) is 0 Å². The Morgan fingerprint density at radius 1 is 1.08 bits per heavy atom. The molecule has 0 fully saturated rings. The maximum Gasteiger partial charge on any atom is 0.267 e. The van der Waals surface area contributed by atoms with Crippen molar-refractivity contribution in [1.82, 2.24) is 24.8 Å². The molecule has 2 heterocycles. The lowest BCUT2D eigenvalue weighted by molar-refractivity contribution is 0.0827. The zero-order valence-electron chi connectivity index (χ0n) is 20.6. The van der Waals surface area contributed by atoms with Crippen molar-refractivity contribution in [3.05, 3.63) is 76.9 Å². The van der Waals surface area contributed by atoms with Gasteiger partial charge in [0.25, 0.3) is 17.7 Å². The minimum Gasteiger partial charge on any atom is -0.503 e. The second-order valence-electron chi connectivity index (χ2n) is 8.90. The van der Waals surface area contributed by atoms with Gasteiger partial charge in [0.05, 0.1) is 17.8 Å². The number of hydrogen-bond acceptors (Lipinski definition) is 7. The van der Waals surface area contributed by atoms with Gasteiger partial charge >= 0.3 is 0 Å². The van der Waals surface area contributed by atoms with Gasteiger partial charge in [-0.25, -0.2) is 8.78 Å². The van der Waals surface area contributed by atoms with Crippen LogP contribution in [0.1, 0.15) is 41.5 Å². The number of rotatable bonds is 8. The van der Waals surface area contributed by atoms with Crippen molar-refractivity contribution in [2.45, 2.75) is 33.0 Å². The van der Waals surface area contributed by atoms with Crippen LogP contribution < -0.4 is 4.90 Å². The van der Waals surface area contributed by atoms with Gasteiger partial charge in [-0.05, 0) is 48.8 Å². The molecule has 0 aliphatic heterocycles. The van der Waals surface area contributed by atoms with E-state index in [2.05, 4.69) is 15.2 Å². The lowest BCUT2D eigenvalue weighted by Crippen LogP contribution is -2.26. The molecule has 4 rings (SSSR count). The van der Waals surface area contributed by atoms with Crippen molar-refractivity contribution in [2.75, 3.05) is 19.0 Å². The molecule has 12 heteroatoms. The van der Waals surface area contributed by atoms with Crippen LogP contribution in [0, 0.1) is 17.5 Å². The molecule has 0 spiro atoms. The molecule has 9 nitrogen and oxygen atoms in total. The molecule has 2 aromatic carbocycles. The molecule has 1 amide bonds. The topological polar surface area (TPSA) is 101 Å². The molecular formula is C25H25F3N6O3. The maximum atomic E-state index is 14.5. The van der Waals surface area contributed by atoms with Gasteiger partial charge in [-0.3, -0.25) is 9.48 Å². The minimum absolute atomic E-state index is 0.0450. The molecule has 0 bridgehead atoms. The normalized spacial score (nSPS) is 11.2. The van der Waals surface area contributed by atoms with Crippen molar-refractivity contribution in [3.8, 4) is 17.2 Å². The van der Waals surface area contributed by atoms with Crippen LogP contribution in [0.2, 0.25) is 0 Å². The SMILES string of the molecule is CC(C)n1nccc1CN(Cc1ccc(C(=O)N(C)C)cc1)c1noc(-c2cc(F)c(F)c(O)c2F)n1. The minimum atomic E-state index is -1.71. The molecule has 0 aliphatic rings. The molecule has 4 aromatic rings. The van der Waals surface area contributed by atoms with Crippen molar-refractivity contribution in [3.63, 3.8) is 0 Å². The van der Waals surface area contributed by atoms with E-state index >= 15 is 0 Å². The van der Waals surface area contributed by atoms with Crippen LogP contribution in [0.5, 0.6) is 5.75 Å². The summed E-state index contributed by atoms with van der Waals surface area (Å²) in [5, 5.41) is 17.8. The van der Waals surface area contributed by atoms with Gasteiger partial charge in [-0.15, -0.1) is 0 Å². The van der Waals surface area contributed by atoms with Gasteiger partial charge in [-0.1, -0.05) is 12.1 Å². The fourth-order valence-electron chi connectivity index (χ4n) is 3.76. The van der Waals surface area contributed by atoms with Gasteiger partial charge in [0.15, 0.2) is 17.4 Å². The van der Waals surface area contributed by atoms with E-state index in [1.54, 1.807) is 49.5 Å². The number of carbonyl (C=O) groups excluding carboxylic acids is 1. The number of phenols is 1. The molecule has 0 aliphatic carbocycles. The molecule has 0 saturated carbocycles. The Labute approximate surface area is 210 Å². The van der Waals surface area contributed by atoms with E-state index in [1.807, 2.05) is 24.6 Å². The number of carbonyl (C=O) groups is 1. The van der Waals surface area contributed by atoms with Gasteiger partial charge in [0, 0.05) is 38.4 Å². The van der Waals surface area contributed by atoms with E-state index in [-0.39, 0.29) is 31.0 Å². The fraction of sp³-hybridized carbons (Fsp3) is 0.280. The monoisotopic (exact) mass is 514 g/mol. The lowest BCUT2D eigenvalue weighted by atomic mass is 10.1. The summed E-state index contributed by atoms with van der Waals surface area (Å²) in [5.74, 6) is -6.58. The van der Waals surface area contributed by atoms with Crippen LogP contribution in [-0.2, 0) is 13.1 Å². The number of anilines is 1. The number of halogens is 3. The van der Waals surface area contributed by atoms with Crippen molar-refractivity contribution in [1.29, 1.82) is 0 Å². The molecule has 0 radical (unpaired) electrons.